The van der Waals surface area contributed by atoms with E-state index in [0.717, 1.165) is 34.6 Å². The van der Waals surface area contributed by atoms with Gasteiger partial charge >= 0.3 is 0 Å². The summed E-state index contributed by atoms with van der Waals surface area (Å²) in [6.07, 6.45) is 9.07. The minimum absolute atomic E-state index is 0.0327. The molecule has 108 valence electrons. The molecule has 1 aromatic carbocycles. The largest absolute Gasteiger partial charge is 0.392 e. The number of imidazole rings is 1. The van der Waals surface area contributed by atoms with Gasteiger partial charge in [0.1, 0.15) is 0 Å². The first kappa shape index (κ1) is 13.0. The predicted molar refractivity (Wildman–Crippen MR) is 86.1 cm³/mol. The maximum atomic E-state index is 9.29. The average molecular weight is 289 g/mol. The molecule has 0 aliphatic heterocycles. The van der Waals surface area contributed by atoms with Gasteiger partial charge in [0.05, 0.1) is 24.2 Å². The predicted octanol–water partition coefficient (Wildman–Crippen LogP) is 3.23. The number of benzene rings is 1. The van der Waals surface area contributed by atoms with Crippen LogP contribution in [0, 0.1) is 0 Å². The molecule has 4 rings (SSSR count). The lowest BCUT2D eigenvalue weighted by molar-refractivity contribution is 0.282. The van der Waals surface area contributed by atoms with Gasteiger partial charge in [-0.2, -0.15) is 5.10 Å². The maximum Gasteiger partial charge on any atom is 0.154 e. The van der Waals surface area contributed by atoms with Crippen molar-refractivity contribution in [3.05, 3.63) is 72.1 Å². The molecule has 0 fully saturated rings. The molecule has 1 aliphatic rings. The minimum Gasteiger partial charge on any atom is -0.392 e. The molecule has 0 saturated carbocycles. The number of aliphatic hydroxyl groups is 1. The van der Waals surface area contributed by atoms with Crippen molar-refractivity contribution in [2.45, 2.75) is 13.0 Å². The molecule has 0 radical (unpaired) electrons. The average Bonchev–Trinajstić information content (AvgIpc) is 3.23. The molecule has 1 N–H and O–H groups in total. The van der Waals surface area contributed by atoms with Crippen LogP contribution >= 0.6 is 0 Å². The van der Waals surface area contributed by atoms with Gasteiger partial charge in [-0.3, -0.25) is 0 Å². The molecule has 0 saturated heterocycles. The van der Waals surface area contributed by atoms with Crippen molar-refractivity contribution in [1.82, 2.24) is 14.6 Å². The second kappa shape index (κ2) is 5.24. The monoisotopic (exact) mass is 289 g/mol. The van der Waals surface area contributed by atoms with Crippen molar-refractivity contribution in [3.8, 4) is 11.3 Å². The summed E-state index contributed by atoms with van der Waals surface area (Å²) >= 11 is 0. The van der Waals surface area contributed by atoms with Crippen molar-refractivity contribution in [2.75, 3.05) is 0 Å². The Labute approximate surface area is 128 Å². The molecule has 3 aromatic rings. The van der Waals surface area contributed by atoms with Crippen molar-refractivity contribution in [2.24, 2.45) is 0 Å². The number of aliphatic hydroxyl groups excluding tert-OH is 1. The Morgan fingerprint density at radius 3 is 2.95 bits per heavy atom. The highest BCUT2D eigenvalue weighted by molar-refractivity contribution is 5.71. The van der Waals surface area contributed by atoms with E-state index in [2.05, 4.69) is 23.2 Å². The van der Waals surface area contributed by atoms with E-state index in [9.17, 15) is 5.11 Å². The first-order valence-electron chi connectivity index (χ1n) is 7.26. The molecule has 0 spiro atoms. The first-order valence-corrected chi connectivity index (χ1v) is 7.26. The van der Waals surface area contributed by atoms with Gasteiger partial charge in [0.15, 0.2) is 5.65 Å². The van der Waals surface area contributed by atoms with E-state index in [4.69, 9.17) is 5.10 Å². The Kier molecular flexibility index (Phi) is 3.09. The topological polar surface area (TPSA) is 50.4 Å². The summed E-state index contributed by atoms with van der Waals surface area (Å²) < 4.78 is 1.89. The molecule has 1 aliphatic carbocycles. The third-order valence-electron chi connectivity index (χ3n) is 3.87. The lowest BCUT2D eigenvalue weighted by Gasteiger charge is -2.06. The number of hydrogen-bond donors (Lipinski definition) is 1. The van der Waals surface area contributed by atoms with E-state index in [0.29, 0.717) is 0 Å². The molecule has 2 aromatic heterocycles. The van der Waals surface area contributed by atoms with Gasteiger partial charge in [-0.15, -0.1) is 0 Å². The van der Waals surface area contributed by atoms with Crippen LogP contribution in [0.3, 0.4) is 0 Å². The van der Waals surface area contributed by atoms with Gasteiger partial charge in [0.25, 0.3) is 0 Å². The fourth-order valence-corrected chi connectivity index (χ4v) is 2.71. The van der Waals surface area contributed by atoms with E-state index in [1.807, 2.05) is 47.1 Å². The molecule has 2 heterocycles. The first-order chi connectivity index (χ1) is 10.8. The summed E-state index contributed by atoms with van der Waals surface area (Å²) in [7, 11) is 0. The molecule has 0 amide bonds. The zero-order valence-electron chi connectivity index (χ0n) is 12.0. The molecule has 22 heavy (non-hydrogen) atoms. The fraction of sp³-hybridized carbons (Fsp3) is 0.111. The van der Waals surface area contributed by atoms with Gasteiger partial charge in [-0.1, -0.05) is 36.4 Å². The van der Waals surface area contributed by atoms with E-state index in [-0.39, 0.29) is 6.61 Å². The SMILES string of the molecule is OCc1cccc(-c2ccc3ncc(C4=CC=CC4)n3n2)c1. The van der Waals surface area contributed by atoms with E-state index < -0.39 is 0 Å². The van der Waals surface area contributed by atoms with Crippen LogP contribution in [0.25, 0.3) is 22.5 Å². The molecule has 0 bridgehead atoms. The highest BCUT2D eigenvalue weighted by Gasteiger charge is 2.11. The van der Waals surface area contributed by atoms with E-state index >= 15 is 0 Å². The lowest BCUT2D eigenvalue weighted by atomic mass is 10.1. The van der Waals surface area contributed by atoms with E-state index in [1.54, 1.807) is 0 Å². The highest BCUT2D eigenvalue weighted by atomic mass is 16.3. The van der Waals surface area contributed by atoms with Gasteiger partial charge in [-0.25, -0.2) is 9.50 Å². The summed E-state index contributed by atoms with van der Waals surface area (Å²) in [5.41, 5.74) is 5.83. The Hall–Kier alpha value is -2.72. The third-order valence-corrected chi connectivity index (χ3v) is 3.87. The maximum absolute atomic E-state index is 9.29. The molecular formula is C18H15N3O. The van der Waals surface area contributed by atoms with Crippen molar-refractivity contribution in [3.63, 3.8) is 0 Å². The Morgan fingerprint density at radius 2 is 2.14 bits per heavy atom. The quantitative estimate of drug-likeness (QED) is 0.805. The Balaban J connectivity index is 1.84. The summed E-state index contributed by atoms with van der Waals surface area (Å²) in [4.78, 5) is 4.42. The zero-order chi connectivity index (χ0) is 14.9. The molecule has 0 atom stereocenters. The fourth-order valence-electron chi connectivity index (χ4n) is 2.71. The number of allylic oxidation sites excluding steroid dienone is 4. The number of fused-ring (bicyclic) bond motifs is 1. The van der Waals surface area contributed by atoms with Crippen LogP contribution in [0.5, 0.6) is 0 Å². The molecule has 4 nitrogen and oxygen atoms in total. The number of aromatic nitrogens is 3. The lowest BCUT2D eigenvalue weighted by Crippen LogP contribution is -1.98. The molecular weight excluding hydrogens is 274 g/mol. The number of rotatable bonds is 3. The van der Waals surface area contributed by atoms with Gasteiger partial charge in [0, 0.05) is 5.56 Å². The zero-order valence-corrected chi connectivity index (χ0v) is 12.0. The van der Waals surface area contributed by atoms with Crippen LogP contribution in [0.2, 0.25) is 0 Å². The van der Waals surface area contributed by atoms with Gasteiger partial charge < -0.3 is 5.11 Å². The highest BCUT2D eigenvalue weighted by Crippen LogP contribution is 2.25. The normalized spacial score (nSPS) is 13.8. The Morgan fingerprint density at radius 1 is 1.18 bits per heavy atom. The minimum atomic E-state index is 0.0327. The smallest absolute Gasteiger partial charge is 0.154 e. The van der Waals surface area contributed by atoms with Crippen LogP contribution in [0.4, 0.5) is 0 Å². The summed E-state index contributed by atoms with van der Waals surface area (Å²) in [6, 6.07) is 11.7. The summed E-state index contributed by atoms with van der Waals surface area (Å²) in [6.45, 7) is 0.0327. The number of nitrogens with zero attached hydrogens (tertiary/aromatic N) is 3. The van der Waals surface area contributed by atoms with Crippen molar-refractivity contribution in [1.29, 1.82) is 0 Å². The third kappa shape index (κ3) is 2.14. The van der Waals surface area contributed by atoms with Gasteiger partial charge in [0.2, 0.25) is 0 Å². The standard InChI is InChI=1S/C18H15N3O/c22-12-13-4-3-7-15(10-13)16-8-9-18-19-11-17(21(18)20-16)14-5-1-2-6-14/h1-5,7-11,22H,6,12H2. The molecule has 0 unspecified atom stereocenters. The van der Waals surface area contributed by atoms with Crippen LogP contribution in [0.15, 0.2) is 60.8 Å². The van der Waals surface area contributed by atoms with Crippen LogP contribution < -0.4 is 0 Å². The second-order valence-electron chi connectivity index (χ2n) is 5.31. The number of hydrogen-bond acceptors (Lipinski definition) is 3. The van der Waals surface area contributed by atoms with Crippen molar-refractivity contribution < 1.29 is 5.11 Å². The van der Waals surface area contributed by atoms with Crippen molar-refractivity contribution >= 4 is 11.2 Å². The second-order valence-corrected chi connectivity index (χ2v) is 5.31. The Bertz CT molecular complexity index is 906. The van der Waals surface area contributed by atoms with Crippen LogP contribution in [-0.4, -0.2) is 19.7 Å². The van der Waals surface area contributed by atoms with E-state index in [1.165, 1.54) is 5.57 Å². The summed E-state index contributed by atoms with van der Waals surface area (Å²) in [5.74, 6) is 0. The summed E-state index contributed by atoms with van der Waals surface area (Å²) in [5, 5.41) is 14.0. The van der Waals surface area contributed by atoms with Crippen LogP contribution in [0.1, 0.15) is 17.7 Å². The molecule has 4 heteroatoms. The van der Waals surface area contributed by atoms with Gasteiger partial charge in [-0.05, 0) is 35.8 Å². The van der Waals surface area contributed by atoms with Crippen LogP contribution in [-0.2, 0) is 6.61 Å².